The number of likely N-dealkylation sites (N-methyl/N-ethyl adjacent to an activating group) is 1. The number of phosphoric ester groups is 1. The Hall–Kier alpha value is -0.790. The molecule has 0 saturated carbocycles. The van der Waals surface area contributed by atoms with Crippen LogP contribution in [0.1, 0.15) is 204 Å². The molecule has 0 radical (unpaired) electrons. The van der Waals surface area contributed by atoms with Crippen molar-refractivity contribution in [2.24, 2.45) is 47.3 Å². The summed E-state index contributed by atoms with van der Waals surface area (Å²) in [5.74, 6) is 3.66. The van der Waals surface area contributed by atoms with E-state index in [9.17, 15) is 19.0 Å². The zero-order valence-electron chi connectivity index (χ0n) is 39.8. The molecule has 1 N–H and O–H groups in total. The highest BCUT2D eigenvalue weighted by Crippen LogP contribution is 2.43. The molecule has 9 heteroatoms. The van der Waals surface area contributed by atoms with Crippen molar-refractivity contribution in [2.75, 3.05) is 47.5 Å². The van der Waals surface area contributed by atoms with Gasteiger partial charge in [0.05, 0.1) is 34.4 Å². The van der Waals surface area contributed by atoms with E-state index in [4.69, 9.17) is 13.8 Å². The molecule has 0 aromatic rings. The fourth-order valence-electron chi connectivity index (χ4n) is 7.71. The molecule has 0 aromatic heterocycles. The highest BCUT2D eigenvalue weighted by Gasteiger charge is 2.27. The molecule has 0 aliphatic heterocycles. The number of hydrogen-bond donors (Lipinski definition) is 1. The molecule has 8 nitrogen and oxygen atoms in total. The van der Waals surface area contributed by atoms with Crippen molar-refractivity contribution in [1.82, 2.24) is 0 Å². The minimum atomic E-state index is -4.32. The summed E-state index contributed by atoms with van der Waals surface area (Å²) < 4.78 is 29.5. The SMILES string of the molecule is CC(C)CCC[C@H](C)CCCCCCC[C@@H](C)CC(=O)OC[C@H](COP(=O)(O)OCC[N+](C)(C)C)CC(=O)C[C@@H](C)CCC[C@@H](C)CCC[C@@H](C)CCCC(C)C. The van der Waals surface area contributed by atoms with Crippen molar-refractivity contribution in [3.63, 3.8) is 0 Å². The van der Waals surface area contributed by atoms with Crippen LogP contribution in [0.5, 0.6) is 0 Å². The molecule has 0 saturated heterocycles. The van der Waals surface area contributed by atoms with Crippen LogP contribution in [0.25, 0.3) is 0 Å². The molecule has 0 fully saturated rings. The summed E-state index contributed by atoms with van der Waals surface area (Å²) in [4.78, 5) is 36.5. The Kier molecular flexibility index (Phi) is 32.5. The maximum absolute atomic E-state index is 13.3. The van der Waals surface area contributed by atoms with Crippen molar-refractivity contribution in [3.05, 3.63) is 0 Å². The predicted molar refractivity (Wildman–Crippen MR) is 241 cm³/mol. The van der Waals surface area contributed by atoms with Crippen LogP contribution in [0.4, 0.5) is 0 Å². The maximum Gasteiger partial charge on any atom is 0.472 e. The Morgan fingerprint density at radius 2 is 0.912 bits per heavy atom. The van der Waals surface area contributed by atoms with E-state index in [-0.39, 0.29) is 49.8 Å². The Labute approximate surface area is 354 Å². The number of rotatable bonds is 39. The van der Waals surface area contributed by atoms with E-state index in [1.165, 1.54) is 96.3 Å². The Morgan fingerprint density at radius 3 is 1.39 bits per heavy atom. The molecule has 7 atom stereocenters. The topological polar surface area (TPSA) is 99.1 Å². The third-order valence-corrected chi connectivity index (χ3v) is 12.7. The van der Waals surface area contributed by atoms with E-state index in [1.54, 1.807) is 0 Å². The quantitative estimate of drug-likeness (QED) is 0.0285. The molecule has 0 rings (SSSR count). The third kappa shape index (κ3) is 37.9. The first-order valence-corrected chi connectivity index (χ1v) is 25.3. The van der Waals surface area contributed by atoms with Gasteiger partial charge in [-0.05, 0) is 41.4 Å². The highest BCUT2D eigenvalue weighted by atomic mass is 31.2. The molecule has 0 amide bonds. The van der Waals surface area contributed by atoms with Gasteiger partial charge in [-0.2, -0.15) is 0 Å². The van der Waals surface area contributed by atoms with Crippen molar-refractivity contribution in [3.8, 4) is 0 Å². The summed E-state index contributed by atoms with van der Waals surface area (Å²) in [6.07, 6.45) is 24.6. The molecule has 0 spiro atoms. The van der Waals surface area contributed by atoms with Gasteiger partial charge in [-0.1, -0.05) is 184 Å². The van der Waals surface area contributed by atoms with E-state index in [2.05, 4.69) is 62.3 Å². The number of hydrogen-bond acceptors (Lipinski definition) is 6. The second-order valence-electron chi connectivity index (χ2n) is 20.7. The molecule has 340 valence electrons. The number of esters is 1. The lowest BCUT2D eigenvalue weighted by atomic mass is 9.89. The van der Waals surface area contributed by atoms with Crippen molar-refractivity contribution < 1.29 is 37.3 Å². The van der Waals surface area contributed by atoms with Crippen LogP contribution in [0.2, 0.25) is 0 Å². The molecule has 0 aliphatic carbocycles. The van der Waals surface area contributed by atoms with Gasteiger partial charge < -0.3 is 14.1 Å². The first kappa shape index (κ1) is 56.2. The van der Waals surface area contributed by atoms with Gasteiger partial charge in [0.25, 0.3) is 0 Å². The van der Waals surface area contributed by atoms with Gasteiger partial charge in [0.15, 0.2) is 0 Å². The first-order chi connectivity index (χ1) is 26.7. The van der Waals surface area contributed by atoms with Crippen molar-refractivity contribution in [1.29, 1.82) is 0 Å². The number of carbonyl (C=O) groups is 2. The summed E-state index contributed by atoms with van der Waals surface area (Å²) in [6, 6.07) is 0. The summed E-state index contributed by atoms with van der Waals surface area (Å²) in [6.45, 7) is 21.0. The fraction of sp³-hybridized carbons (Fsp3) is 0.958. The van der Waals surface area contributed by atoms with Gasteiger partial charge in [0, 0.05) is 25.2 Å². The van der Waals surface area contributed by atoms with Gasteiger partial charge in [-0.25, -0.2) is 4.57 Å². The molecule has 0 aliphatic rings. The monoisotopic (exact) mass is 831 g/mol. The van der Waals surface area contributed by atoms with Crippen LogP contribution < -0.4 is 0 Å². The maximum atomic E-state index is 13.3. The Morgan fingerprint density at radius 1 is 0.509 bits per heavy atom. The third-order valence-electron chi connectivity index (χ3n) is 11.7. The zero-order chi connectivity index (χ0) is 43.3. The normalized spacial score (nSPS) is 16.6. The first-order valence-electron chi connectivity index (χ1n) is 23.8. The molecule has 57 heavy (non-hydrogen) atoms. The number of phosphoric acid groups is 1. The predicted octanol–water partition coefficient (Wildman–Crippen LogP) is 13.6. The van der Waals surface area contributed by atoms with E-state index >= 15 is 0 Å². The lowest BCUT2D eigenvalue weighted by Crippen LogP contribution is -2.37. The average Bonchev–Trinajstić information content (AvgIpc) is 3.08. The zero-order valence-corrected chi connectivity index (χ0v) is 40.7. The number of nitrogens with zero attached hydrogens (tertiary/aromatic N) is 1. The average molecular weight is 831 g/mol. The van der Waals surface area contributed by atoms with Crippen LogP contribution >= 0.6 is 7.82 Å². The minimum Gasteiger partial charge on any atom is -0.465 e. The van der Waals surface area contributed by atoms with Crippen LogP contribution in [-0.2, 0) is 27.9 Å². The van der Waals surface area contributed by atoms with Gasteiger partial charge in [-0.15, -0.1) is 0 Å². The van der Waals surface area contributed by atoms with Gasteiger partial charge in [0.1, 0.15) is 18.9 Å². The van der Waals surface area contributed by atoms with Crippen molar-refractivity contribution in [2.45, 2.75) is 204 Å². The smallest absolute Gasteiger partial charge is 0.465 e. The summed E-state index contributed by atoms with van der Waals surface area (Å²) in [5.41, 5.74) is 0. The number of unbranched alkanes of at least 4 members (excludes halogenated alkanes) is 4. The van der Waals surface area contributed by atoms with Gasteiger partial charge >= 0.3 is 13.8 Å². The van der Waals surface area contributed by atoms with Crippen LogP contribution in [-0.4, -0.2) is 68.6 Å². The van der Waals surface area contributed by atoms with E-state index in [0.29, 0.717) is 29.8 Å². The number of Topliss-reactive ketones (excluding diaryl/α,β-unsaturated/α-hetero) is 1. The summed E-state index contributed by atoms with van der Waals surface area (Å²) >= 11 is 0. The molecule has 0 heterocycles. The van der Waals surface area contributed by atoms with E-state index < -0.39 is 13.7 Å². The lowest BCUT2D eigenvalue weighted by Gasteiger charge is -2.24. The lowest BCUT2D eigenvalue weighted by molar-refractivity contribution is -0.870. The van der Waals surface area contributed by atoms with Gasteiger partial charge in [-0.3, -0.25) is 18.6 Å². The number of quaternary nitrogens is 1. The second kappa shape index (κ2) is 32.9. The molecule has 0 aromatic carbocycles. The Bertz CT molecular complexity index is 1040. The standard InChI is InChI=1S/C48H96NO7P/c1-39(2)22-18-26-41(5)24-16-14-13-15-17-25-45(9)35-48(51)54-37-46(38-56-57(52,53)55-33-32-49(10,11)12)36-47(50)34-44(8)31-21-30-43(7)29-20-28-42(6)27-19-23-40(3)4/h39-46H,13-38H2,1-12H3/p+1/t41-,42+,43+,44+,45-,46-/m1/s1. The Balaban J connectivity index is 4.74. The summed E-state index contributed by atoms with van der Waals surface area (Å²) in [7, 11) is 1.60. The fourth-order valence-corrected chi connectivity index (χ4v) is 8.50. The van der Waals surface area contributed by atoms with Crippen molar-refractivity contribution >= 4 is 19.6 Å². The van der Waals surface area contributed by atoms with E-state index in [1.807, 2.05) is 21.1 Å². The second-order valence-corrected chi connectivity index (χ2v) is 22.1. The largest absolute Gasteiger partial charge is 0.472 e. The number of ketones is 1. The van der Waals surface area contributed by atoms with Gasteiger partial charge in [0.2, 0.25) is 0 Å². The van der Waals surface area contributed by atoms with E-state index in [0.717, 1.165) is 49.4 Å². The molecule has 1 unspecified atom stereocenters. The van der Waals surface area contributed by atoms with Crippen LogP contribution in [0.3, 0.4) is 0 Å². The minimum absolute atomic E-state index is 0.0195. The summed E-state index contributed by atoms with van der Waals surface area (Å²) in [5, 5.41) is 0. The molecule has 0 bridgehead atoms. The number of carbonyl (C=O) groups excluding carboxylic acids is 2. The highest BCUT2D eigenvalue weighted by molar-refractivity contribution is 7.47. The van der Waals surface area contributed by atoms with Crippen LogP contribution in [0, 0.1) is 47.3 Å². The van der Waals surface area contributed by atoms with Crippen LogP contribution in [0.15, 0.2) is 0 Å². The molecular weight excluding hydrogens is 734 g/mol. The molecular formula is C48H97NO7P+. The number of ether oxygens (including phenoxy) is 1.